The lowest BCUT2D eigenvalue weighted by molar-refractivity contribution is -0.117. The maximum atomic E-state index is 13.0. The molecule has 0 aliphatic carbocycles. The van der Waals surface area contributed by atoms with E-state index in [1.807, 2.05) is 37.3 Å². The van der Waals surface area contributed by atoms with Gasteiger partial charge in [0, 0.05) is 11.3 Å². The van der Waals surface area contributed by atoms with E-state index in [1.54, 1.807) is 36.4 Å². The number of hydrogen-bond acceptors (Lipinski definition) is 4. The molecular formula is C24H24N2O4S. The van der Waals surface area contributed by atoms with Gasteiger partial charge in [-0.15, -0.1) is 0 Å². The largest absolute Gasteiger partial charge is 0.325 e. The summed E-state index contributed by atoms with van der Waals surface area (Å²) in [5, 5.41) is 2.72. The van der Waals surface area contributed by atoms with Crippen molar-refractivity contribution < 1.29 is 18.0 Å². The van der Waals surface area contributed by atoms with E-state index in [4.69, 9.17) is 0 Å². The lowest BCUT2D eigenvalue weighted by Crippen LogP contribution is -2.45. The van der Waals surface area contributed by atoms with Gasteiger partial charge in [0.2, 0.25) is 15.9 Å². The molecule has 2 N–H and O–H groups in total. The van der Waals surface area contributed by atoms with Crippen molar-refractivity contribution in [1.82, 2.24) is 4.72 Å². The van der Waals surface area contributed by atoms with Gasteiger partial charge in [-0.2, -0.15) is 4.72 Å². The van der Waals surface area contributed by atoms with Gasteiger partial charge >= 0.3 is 0 Å². The quantitative estimate of drug-likeness (QED) is 0.527. The van der Waals surface area contributed by atoms with E-state index in [0.29, 0.717) is 11.3 Å². The number of ketones is 1. The first-order chi connectivity index (χ1) is 14.7. The zero-order valence-electron chi connectivity index (χ0n) is 17.3. The third-order valence-electron chi connectivity index (χ3n) is 4.76. The highest BCUT2D eigenvalue weighted by molar-refractivity contribution is 7.89. The van der Waals surface area contributed by atoms with Crippen molar-refractivity contribution in [1.29, 1.82) is 0 Å². The zero-order valence-corrected chi connectivity index (χ0v) is 18.1. The number of carbonyl (C=O) groups is 2. The summed E-state index contributed by atoms with van der Waals surface area (Å²) in [7, 11) is -3.92. The molecule has 0 heterocycles. The SMILES string of the molecule is CC(=O)c1cccc(NC(=O)[C@H](Cc2ccccc2)NS(=O)(=O)c2ccc(C)cc2)c1. The molecule has 7 heteroatoms. The molecule has 0 saturated heterocycles. The van der Waals surface area contributed by atoms with Crippen molar-refractivity contribution in [2.24, 2.45) is 0 Å². The third kappa shape index (κ3) is 6.10. The molecule has 3 aromatic rings. The minimum Gasteiger partial charge on any atom is -0.325 e. The predicted molar refractivity (Wildman–Crippen MR) is 121 cm³/mol. The molecule has 0 aromatic heterocycles. The summed E-state index contributed by atoms with van der Waals surface area (Å²) >= 11 is 0. The Labute approximate surface area is 182 Å². The minimum absolute atomic E-state index is 0.0857. The third-order valence-corrected chi connectivity index (χ3v) is 6.25. The molecule has 0 aliphatic rings. The molecule has 6 nitrogen and oxygen atoms in total. The van der Waals surface area contributed by atoms with Crippen LogP contribution in [0.25, 0.3) is 0 Å². The molecule has 1 amide bonds. The Bertz CT molecular complexity index is 1170. The van der Waals surface area contributed by atoms with E-state index in [1.165, 1.54) is 19.1 Å². The fraction of sp³-hybridized carbons (Fsp3) is 0.167. The normalized spacial score (nSPS) is 12.2. The van der Waals surface area contributed by atoms with E-state index >= 15 is 0 Å². The molecule has 0 spiro atoms. The van der Waals surface area contributed by atoms with E-state index in [2.05, 4.69) is 10.0 Å². The van der Waals surface area contributed by atoms with Crippen LogP contribution in [0, 0.1) is 6.92 Å². The van der Waals surface area contributed by atoms with Crippen LogP contribution in [0.5, 0.6) is 0 Å². The smallest absolute Gasteiger partial charge is 0.242 e. The van der Waals surface area contributed by atoms with Crippen molar-refractivity contribution in [3.63, 3.8) is 0 Å². The van der Waals surface area contributed by atoms with Gasteiger partial charge < -0.3 is 5.32 Å². The van der Waals surface area contributed by atoms with Crippen LogP contribution >= 0.6 is 0 Å². The average Bonchev–Trinajstić information content (AvgIpc) is 2.74. The number of anilines is 1. The van der Waals surface area contributed by atoms with Crippen LogP contribution in [0.2, 0.25) is 0 Å². The van der Waals surface area contributed by atoms with Crippen LogP contribution in [0.1, 0.15) is 28.4 Å². The van der Waals surface area contributed by atoms with E-state index in [9.17, 15) is 18.0 Å². The molecule has 31 heavy (non-hydrogen) atoms. The summed E-state index contributed by atoms with van der Waals surface area (Å²) < 4.78 is 28.3. The number of carbonyl (C=O) groups excluding carboxylic acids is 2. The van der Waals surface area contributed by atoms with Crippen molar-refractivity contribution in [3.8, 4) is 0 Å². The standard InChI is InChI=1S/C24H24N2O4S/c1-17-11-13-22(14-12-17)31(29,30)26-23(15-19-7-4-3-5-8-19)24(28)25-21-10-6-9-20(16-21)18(2)27/h3-14,16,23,26H,15H2,1-2H3,(H,25,28)/t23-/m0/s1. The maximum Gasteiger partial charge on any atom is 0.242 e. The Morgan fingerprint density at radius 2 is 1.58 bits per heavy atom. The van der Waals surface area contributed by atoms with E-state index in [0.717, 1.165) is 11.1 Å². The zero-order chi connectivity index (χ0) is 22.4. The number of benzene rings is 3. The van der Waals surface area contributed by atoms with Crippen LogP contribution in [-0.2, 0) is 21.2 Å². The minimum atomic E-state index is -3.92. The Hall–Kier alpha value is -3.29. The predicted octanol–water partition coefficient (Wildman–Crippen LogP) is 3.73. The lowest BCUT2D eigenvalue weighted by Gasteiger charge is -2.19. The molecule has 0 unspecified atom stereocenters. The van der Waals surface area contributed by atoms with Crippen LogP contribution in [0.3, 0.4) is 0 Å². The van der Waals surface area contributed by atoms with Crippen molar-refractivity contribution >= 4 is 27.4 Å². The van der Waals surface area contributed by atoms with Gasteiger partial charge in [-0.25, -0.2) is 8.42 Å². The highest BCUT2D eigenvalue weighted by Crippen LogP contribution is 2.15. The molecule has 0 aliphatic heterocycles. The number of rotatable bonds is 8. The first kappa shape index (κ1) is 22.4. The number of hydrogen-bond donors (Lipinski definition) is 2. The molecule has 160 valence electrons. The van der Waals surface area contributed by atoms with Gasteiger partial charge in [0.05, 0.1) is 4.90 Å². The summed E-state index contributed by atoms with van der Waals surface area (Å²) in [5.74, 6) is -0.641. The Morgan fingerprint density at radius 3 is 2.23 bits per heavy atom. The molecule has 3 rings (SSSR count). The first-order valence-electron chi connectivity index (χ1n) is 9.79. The van der Waals surface area contributed by atoms with Crippen molar-refractivity contribution in [2.45, 2.75) is 31.2 Å². The number of aryl methyl sites for hydroxylation is 1. The van der Waals surface area contributed by atoms with Crippen molar-refractivity contribution in [3.05, 3.63) is 95.6 Å². The first-order valence-corrected chi connectivity index (χ1v) is 11.3. The Kier molecular flexibility index (Phi) is 6.99. The van der Waals surface area contributed by atoms with Gasteiger partial charge in [0.25, 0.3) is 0 Å². The average molecular weight is 437 g/mol. The summed E-state index contributed by atoms with van der Waals surface area (Å²) in [6.45, 7) is 3.31. The van der Waals surface area contributed by atoms with Crippen LogP contribution < -0.4 is 10.0 Å². The number of amides is 1. The molecule has 1 atom stereocenters. The summed E-state index contributed by atoms with van der Waals surface area (Å²) in [4.78, 5) is 24.7. The van der Waals surface area contributed by atoms with E-state index in [-0.39, 0.29) is 17.1 Å². The lowest BCUT2D eigenvalue weighted by atomic mass is 10.1. The number of nitrogens with one attached hydrogen (secondary N) is 2. The molecule has 0 saturated carbocycles. The van der Waals surface area contributed by atoms with Gasteiger partial charge in [-0.05, 0) is 50.1 Å². The van der Waals surface area contributed by atoms with Crippen LogP contribution in [0.4, 0.5) is 5.69 Å². The fourth-order valence-electron chi connectivity index (χ4n) is 3.06. The van der Waals surface area contributed by atoms with E-state index < -0.39 is 22.0 Å². The molecular weight excluding hydrogens is 412 g/mol. The fourth-order valence-corrected chi connectivity index (χ4v) is 4.25. The molecule has 3 aromatic carbocycles. The molecule has 0 bridgehead atoms. The summed E-state index contributed by atoms with van der Waals surface area (Å²) in [6.07, 6.45) is 0.171. The number of sulfonamides is 1. The van der Waals surface area contributed by atoms with Gasteiger partial charge in [-0.3, -0.25) is 9.59 Å². The second-order valence-corrected chi connectivity index (χ2v) is 9.02. The molecule has 0 radical (unpaired) electrons. The van der Waals surface area contributed by atoms with Gasteiger partial charge in [0.15, 0.2) is 5.78 Å². The maximum absolute atomic E-state index is 13.0. The summed E-state index contributed by atoms with van der Waals surface area (Å²) in [5.41, 5.74) is 2.62. The second-order valence-electron chi connectivity index (χ2n) is 7.30. The molecule has 0 fully saturated rings. The highest BCUT2D eigenvalue weighted by atomic mass is 32.2. The highest BCUT2D eigenvalue weighted by Gasteiger charge is 2.26. The van der Waals surface area contributed by atoms with Crippen LogP contribution in [-0.4, -0.2) is 26.2 Å². The van der Waals surface area contributed by atoms with Crippen LogP contribution in [0.15, 0.2) is 83.8 Å². The number of Topliss-reactive ketones (excluding diaryl/α,β-unsaturated/α-hetero) is 1. The van der Waals surface area contributed by atoms with Gasteiger partial charge in [-0.1, -0.05) is 60.2 Å². The second kappa shape index (κ2) is 9.68. The topological polar surface area (TPSA) is 92.3 Å². The van der Waals surface area contributed by atoms with Gasteiger partial charge in [0.1, 0.15) is 6.04 Å². The Balaban J connectivity index is 1.86. The van der Waals surface area contributed by atoms with Crippen molar-refractivity contribution in [2.75, 3.05) is 5.32 Å². The summed E-state index contributed by atoms with van der Waals surface area (Å²) in [6, 6.07) is 21.1. The monoisotopic (exact) mass is 436 g/mol. The Morgan fingerprint density at radius 1 is 0.903 bits per heavy atom.